The van der Waals surface area contributed by atoms with Crippen LogP contribution in [0, 0.1) is 0 Å². The van der Waals surface area contributed by atoms with Crippen molar-refractivity contribution in [3.8, 4) is 0 Å². The molecule has 0 saturated heterocycles. The van der Waals surface area contributed by atoms with Gasteiger partial charge in [-0.25, -0.2) is 5.84 Å². The Bertz CT molecular complexity index is 314. The highest BCUT2D eigenvalue weighted by Crippen LogP contribution is 2.22. The number of hydrogen-bond acceptors (Lipinski definition) is 4. The van der Waals surface area contributed by atoms with Gasteiger partial charge >= 0.3 is 0 Å². The lowest BCUT2D eigenvalue weighted by atomic mass is 10.5. The predicted molar refractivity (Wildman–Crippen MR) is 58.6 cm³/mol. The van der Waals surface area contributed by atoms with Crippen LogP contribution in [-0.2, 0) is 16.1 Å². The molecule has 1 heterocycles. The van der Waals surface area contributed by atoms with Gasteiger partial charge in [0.15, 0.2) is 0 Å². The monoisotopic (exact) mass is 278 g/mol. The van der Waals surface area contributed by atoms with Crippen molar-refractivity contribution in [2.75, 3.05) is 13.7 Å². The maximum Gasteiger partial charge on any atom is 0.262 e. The largest absolute Gasteiger partial charge is 0.366 e. The first-order valence-corrected chi connectivity index (χ1v) is 5.54. The van der Waals surface area contributed by atoms with Crippen molar-refractivity contribution in [3.05, 3.63) is 20.8 Å². The Morgan fingerprint density at radius 2 is 2.43 bits per heavy atom. The van der Waals surface area contributed by atoms with Gasteiger partial charge in [0.2, 0.25) is 0 Å². The number of rotatable bonds is 4. The van der Waals surface area contributed by atoms with Gasteiger partial charge in [-0.15, -0.1) is 11.3 Å². The highest BCUT2D eigenvalue weighted by Gasteiger charge is 2.04. The van der Waals surface area contributed by atoms with E-state index in [4.69, 9.17) is 10.6 Å². The summed E-state index contributed by atoms with van der Waals surface area (Å²) in [5, 5.41) is 1.02. The molecule has 1 aromatic heterocycles. The van der Waals surface area contributed by atoms with Crippen molar-refractivity contribution >= 4 is 33.2 Å². The molecule has 0 aromatic carbocycles. The molecule has 1 aromatic rings. The number of carbonyl (C=O) groups excluding carboxylic acids is 1. The standard InChI is InChI=1S/C8H11BrN2O2S/c1-11(10)8(12)5-13-4-6-2-3-7(9)14-6/h2-3H,4-5,10H2,1H3. The first-order valence-electron chi connectivity index (χ1n) is 3.93. The van der Waals surface area contributed by atoms with E-state index < -0.39 is 0 Å². The highest BCUT2D eigenvalue weighted by molar-refractivity contribution is 9.11. The van der Waals surface area contributed by atoms with Gasteiger partial charge in [0.1, 0.15) is 6.61 Å². The topological polar surface area (TPSA) is 55.6 Å². The molecule has 0 aliphatic heterocycles. The van der Waals surface area contributed by atoms with E-state index in [1.54, 1.807) is 11.3 Å². The number of halogens is 1. The molecule has 0 radical (unpaired) electrons. The van der Waals surface area contributed by atoms with E-state index in [-0.39, 0.29) is 12.5 Å². The van der Waals surface area contributed by atoms with E-state index in [0.717, 1.165) is 13.7 Å². The van der Waals surface area contributed by atoms with Crippen LogP contribution in [0.15, 0.2) is 15.9 Å². The van der Waals surface area contributed by atoms with E-state index in [2.05, 4.69) is 15.9 Å². The van der Waals surface area contributed by atoms with Gasteiger partial charge in [-0.2, -0.15) is 0 Å². The molecule has 14 heavy (non-hydrogen) atoms. The number of ether oxygens (including phenoxy) is 1. The Morgan fingerprint density at radius 1 is 1.71 bits per heavy atom. The van der Waals surface area contributed by atoms with Crippen LogP contribution >= 0.6 is 27.3 Å². The molecule has 0 atom stereocenters. The summed E-state index contributed by atoms with van der Waals surface area (Å²) >= 11 is 4.93. The second-order valence-electron chi connectivity index (χ2n) is 2.70. The molecular weight excluding hydrogens is 268 g/mol. The summed E-state index contributed by atoms with van der Waals surface area (Å²) in [5.74, 6) is 4.98. The van der Waals surface area contributed by atoms with Gasteiger partial charge in [0, 0.05) is 11.9 Å². The number of hydrogen-bond donors (Lipinski definition) is 1. The van der Waals surface area contributed by atoms with Crippen molar-refractivity contribution in [2.45, 2.75) is 6.61 Å². The molecule has 78 valence electrons. The van der Waals surface area contributed by atoms with Crippen molar-refractivity contribution in [1.82, 2.24) is 5.01 Å². The third-order valence-corrected chi connectivity index (χ3v) is 3.09. The highest BCUT2D eigenvalue weighted by atomic mass is 79.9. The van der Waals surface area contributed by atoms with Gasteiger partial charge in [0.25, 0.3) is 5.91 Å². The first kappa shape index (κ1) is 11.6. The number of hydrazine groups is 1. The Labute approximate surface area is 94.7 Å². The summed E-state index contributed by atoms with van der Waals surface area (Å²) in [6.45, 7) is 0.457. The van der Waals surface area contributed by atoms with E-state index >= 15 is 0 Å². The molecule has 0 spiro atoms. The molecule has 0 aliphatic rings. The maximum atomic E-state index is 11.0. The lowest BCUT2D eigenvalue weighted by Crippen LogP contribution is -2.35. The Hall–Kier alpha value is -0.430. The van der Waals surface area contributed by atoms with Gasteiger partial charge in [0.05, 0.1) is 10.4 Å². The molecular formula is C8H11BrN2O2S. The normalized spacial score (nSPS) is 10.2. The van der Waals surface area contributed by atoms with Crippen LogP contribution in [0.3, 0.4) is 0 Å². The summed E-state index contributed by atoms with van der Waals surface area (Å²) in [6, 6.07) is 3.89. The van der Waals surface area contributed by atoms with Gasteiger partial charge in [-0.3, -0.25) is 9.80 Å². The quantitative estimate of drug-likeness (QED) is 0.514. The molecule has 6 heteroatoms. The van der Waals surface area contributed by atoms with Gasteiger partial charge in [-0.1, -0.05) is 0 Å². The number of carbonyl (C=O) groups is 1. The smallest absolute Gasteiger partial charge is 0.262 e. The fourth-order valence-electron chi connectivity index (χ4n) is 0.770. The minimum atomic E-state index is -0.236. The zero-order valence-electron chi connectivity index (χ0n) is 7.70. The van der Waals surface area contributed by atoms with E-state index in [1.165, 1.54) is 7.05 Å². The van der Waals surface area contributed by atoms with Crippen LogP contribution in [0.2, 0.25) is 0 Å². The zero-order valence-corrected chi connectivity index (χ0v) is 10.1. The molecule has 0 aliphatic carbocycles. The molecule has 1 amide bonds. The Balaban J connectivity index is 2.25. The van der Waals surface area contributed by atoms with Crippen LogP contribution < -0.4 is 5.84 Å². The van der Waals surface area contributed by atoms with Crippen LogP contribution in [0.4, 0.5) is 0 Å². The Kier molecular flexibility index (Phi) is 4.53. The van der Waals surface area contributed by atoms with Crippen LogP contribution in [0.25, 0.3) is 0 Å². The molecule has 4 nitrogen and oxygen atoms in total. The fourth-order valence-corrected chi connectivity index (χ4v) is 2.19. The van der Waals surface area contributed by atoms with Crippen molar-refractivity contribution in [1.29, 1.82) is 0 Å². The molecule has 1 rings (SSSR count). The lowest BCUT2D eigenvalue weighted by Gasteiger charge is -2.09. The van der Waals surface area contributed by atoms with Crippen LogP contribution in [0.5, 0.6) is 0 Å². The second-order valence-corrected chi connectivity index (χ2v) is 5.25. The average Bonchev–Trinajstić information content (AvgIpc) is 2.51. The molecule has 0 fully saturated rings. The predicted octanol–water partition coefficient (Wildman–Crippen LogP) is 1.36. The van der Waals surface area contributed by atoms with Crippen molar-refractivity contribution in [3.63, 3.8) is 0 Å². The second kappa shape index (κ2) is 5.45. The number of nitrogens with two attached hydrogens (primary N) is 1. The van der Waals surface area contributed by atoms with Gasteiger partial charge < -0.3 is 4.74 Å². The minimum absolute atomic E-state index is 0.0164. The minimum Gasteiger partial charge on any atom is -0.366 e. The third-order valence-electron chi connectivity index (χ3n) is 1.49. The first-order chi connectivity index (χ1) is 6.59. The van der Waals surface area contributed by atoms with E-state index in [0.29, 0.717) is 6.61 Å². The summed E-state index contributed by atoms with van der Waals surface area (Å²) in [4.78, 5) is 12.1. The summed E-state index contributed by atoms with van der Waals surface area (Å²) < 4.78 is 6.23. The van der Waals surface area contributed by atoms with Crippen molar-refractivity contribution < 1.29 is 9.53 Å². The number of thiophene rings is 1. The lowest BCUT2D eigenvalue weighted by molar-refractivity contribution is -0.135. The number of nitrogens with zero attached hydrogens (tertiary/aromatic N) is 1. The van der Waals surface area contributed by atoms with Crippen LogP contribution in [0.1, 0.15) is 4.88 Å². The van der Waals surface area contributed by atoms with E-state index in [9.17, 15) is 4.79 Å². The number of likely N-dealkylation sites (N-methyl/N-ethyl adjacent to an activating group) is 1. The number of amides is 1. The molecule has 0 unspecified atom stereocenters. The summed E-state index contributed by atoms with van der Waals surface area (Å²) in [6.07, 6.45) is 0. The maximum absolute atomic E-state index is 11.0. The zero-order chi connectivity index (χ0) is 10.6. The third kappa shape index (κ3) is 3.75. The summed E-state index contributed by atoms with van der Waals surface area (Å²) in [7, 11) is 1.49. The van der Waals surface area contributed by atoms with Gasteiger partial charge in [-0.05, 0) is 28.1 Å². The Morgan fingerprint density at radius 3 is 2.93 bits per heavy atom. The molecule has 0 saturated carbocycles. The SMILES string of the molecule is CN(N)C(=O)COCc1ccc(Br)s1. The average molecular weight is 279 g/mol. The van der Waals surface area contributed by atoms with Crippen molar-refractivity contribution in [2.24, 2.45) is 5.84 Å². The van der Waals surface area contributed by atoms with E-state index in [1.807, 2.05) is 12.1 Å². The van der Waals surface area contributed by atoms with Crippen LogP contribution in [-0.4, -0.2) is 24.6 Å². The molecule has 2 N–H and O–H groups in total. The fraction of sp³-hybridized carbons (Fsp3) is 0.375. The molecule has 0 bridgehead atoms. The summed E-state index contributed by atoms with van der Waals surface area (Å²) in [5.41, 5.74) is 0.